The molecule has 0 amide bonds. The summed E-state index contributed by atoms with van der Waals surface area (Å²) in [6.07, 6.45) is 4.94. The van der Waals surface area contributed by atoms with Crippen molar-refractivity contribution in [1.29, 1.82) is 0 Å². The zero-order valence-electron chi connectivity index (χ0n) is 17.4. The highest BCUT2D eigenvalue weighted by molar-refractivity contribution is 6.74. The van der Waals surface area contributed by atoms with E-state index in [4.69, 9.17) is 13.9 Å². The summed E-state index contributed by atoms with van der Waals surface area (Å²) in [5.74, 6) is -0.930. The smallest absolute Gasteiger partial charge is 0.342 e. The normalized spacial score (nSPS) is 27.2. The van der Waals surface area contributed by atoms with Gasteiger partial charge in [0.15, 0.2) is 13.9 Å². The molecule has 1 aromatic carbocycles. The van der Waals surface area contributed by atoms with Gasteiger partial charge in [-0.05, 0) is 42.6 Å². The Morgan fingerprint density at radius 3 is 2.46 bits per heavy atom. The summed E-state index contributed by atoms with van der Waals surface area (Å²) in [6, 6.07) is 9.50. The Balaban J connectivity index is 1.96. The lowest BCUT2D eigenvalue weighted by atomic mass is 9.82. The number of rotatable bonds is 5. The Bertz CT molecular complexity index is 780. The third-order valence-electron chi connectivity index (χ3n) is 6.22. The first-order valence-electron chi connectivity index (χ1n) is 9.82. The molecule has 28 heavy (non-hydrogen) atoms. The first-order chi connectivity index (χ1) is 13.0. The van der Waals surface area contributed by atoms with Crippen molar-refractivity contribution in [2.45, 2.75) is 76.0 Å². The molecule has 1 fully saturated rings. The second-order valence-electron chi connectivity index (χ2n) is 9.23. The quantitative estimate of drug-likeness (QED) is 0.411. The van der Waals surface area contributed by atoms with Crippen LogP contribution in [-0.4, -0.2) is 31.5 Å². The van der Waals surface area contributed by atoms with Crippen LogP contribution in [-0.2, 0) is 30.1 Å². The first kappa shape index (κ1) is 20.8. The zero-order chi connectivity index (χ0) is 20.6. The summed E-state index contributed by atoms with van der Waals surface area (Å²) >= 11 is 0. The van der Waals surface area contributed by atoms with Crippen LogP contribution < -0.4 is 0 Å². The Morgan fingerprint density at radius 2 is 1.89 bits per heavy atom. The van der Waals surface area contributed by atoms with Crippen LogP contribution in [0.2, 0.25) is 18.1 Å². The molecule has 1 aliphatic carbocycles. The van der Waals surface area contributed by atoms with Gasteiger partial charge in [-0.3, -0.25) is 4.79 Å². The van der Waals surface area contributed by atoms with Crippen molar-refractivity contribution in [3.8, 4) is 0 Å². The van der Waals surface area contributed by atoms with Gasteiger partial charge in [-0.25, -0.2) is 4.79 Å². The van der Waals surface area contributed by atoms with Crippen LogP contribution in [0.4, 0.5) is 0 Å². The van der Waals surface area contributed by atoms with Crippen molar-refractivity contribution in [3.05, 3.63) is 48.0 Å². The highest BCUT2D eigenvalue weighted by Crippen LogP contribution is 2.51. The van der Waals surface area contributed by atoms with E-state index in [9.17, 15) is 9.59 Å². The third kappa shape index (κ3) is 3.55. The van der Waals surface area contributed by atoms with Crippen molar-refractivity contribution in [1.82, 2.24) is 0 Å². The fourth-order valence-electron chi connectivity index (χ4n) is 3.59. The van der Waals surface area contributed by atoms with Gasteiger partial charge < -0.3 is 13.9 Å². The van der Waals surface area contributed by atoms with Crippen LogP contribution in [0.1, 0.15) is 45.6 Å². The summed E-state index contributed by atoms with van der Waals surface area (Å²) in [7, 11) is -2.40. The monoisotopic (exact) mass is 402 g/mol. The van der Waals surface area contributed by atoms with E-state index < -0.39 is 31.5 Å². The highest BCUT2D eigenvalue weighted by atomic mass is 28.4. The zero-order valence-corrected chi connectivity index (χ0v) is 18.4. The van der Waals surface area contributed by atoms with E-state index in [0.29, 0.717) is 6.42 Å². The van der Waals surface area contributed by atoms with Gasteiger partial charge in [-0.2, -0.15) is 0 Å². The van der Waals surface area contributed by atoms with Gasteiger partial charge in [0.1, 0.15) is 6.61 Å². The van der Waals surface area contributed by atoms with Gasteiger partial charge in [0.05, 0.1) is 6.42 Å². The summed E-state index contributed by atoms with van der Waals surface area (Å²) in [4.78, 5) is 25.9. The SMILES string of the molecule is CC(C)(C)[Si](C)(C)OC1(C(=O)OCc2ccccc2)CC(=O)OC12C=CCC2. The Morgan fingerprint density at radius 1 is 1.21 bits per heavy atom. The number of benzene rings is 1. The number of esters is 2. The predicted molar refractivity (Wildman–Crippen MR) is 109 cm³/mol. The van der Waals surface area contributed by atoms with E-state index >= 15 is 0 Å². The topological polar surface area (TPSA) is 61.8 Å². The van der Waals surface area contributed by atoms with Crippen LogP contribution >= 0.6 is 0 Å². The van der Waals surface area contributed by atoms with Crippen LogP contribution in [0.3, 0.4) is 0 Å². The average Bonchev–Trinajstić information content (AvgIpc) is 3.18. The Labute approximate surface area is 168 Å². The minimum Gasteiger partial charge on any atom is -0.459 e. The summed E-state index contributed by atoms with van der Waals surface area (Å²) in [5, 5.41) is -0.130. The van der Waals surface area contributed by atoms with Crippen LogP contribution in [0.25, 0.3) is 0 Å². The lowest BCUT2D eigenvalue weighted by molar-refractivity contribution is -0.178. The predicted octanol–water partition coefficient (Wildman–Crippen LogP) is 4.53. The van der Waals surface area contributed by atoms with Crippen LogP contribution in [0, 0.1) is 0 Å². The molecule has 1 heterocycles. The molecule has 5 nitrogen and oxygen atoms in total. The number of hydrogen-bond acceptors (Lipinski definition) is 5. The molecule has 152 valence electrons. The van der Waals surface area contributed by atoms with Crippen molar-refractivity contribution >= 4 is 20.3 Å². The molecule has 0 bridgehead atoms. The largest absolute Gasteiger partial charge is 0.459 e. The fourth-order valence-corrected chi connectivity index (χ4v) is 5.09. The van der Waals surface area contributed by atoms with Gasteiger partial charge in [-0.15, -0.1) is 0 Å². The van der Waals surface area contributed by atoms with E-state index in [2.05, 4.69) is 33.9 Å². The molecule has 0 N–H and O–H groups in total. The summed E-state index contributed by atoms with van der Waals surface area (Å²) < 4.78 is 18.1. The molecule has 1 saturated heterocycles. The maximum Gasteiger partial charge on any atom is 0.342 e. The molecule has 0 saturated carbocycles. The molecular formula is C22H30O5Si. The minimum absolute atomic E-state index is 0.114. The fraction of sp³-hybridized carbons (Fsp3) is 0.545. The molecule has 0 radical (unpaired) electrons. The maximum atomic E-state index is 13.5. The highest BCUT2D eigenvalue weighted by Gasteiger charge is 2.68. The van der Waals surface area contributed by atoms with E-state index in [0.717, 1.165) is 12.0 Å². The average molecular weight is 403 g/mol. The van der Waals surface area contributed by atoms with Gasteiger partial charge in [0.25, 0.3) is 0 Å². The van der Waals surface area contributed by atoms with Crippen LogP contribution in [0.5, 0.6) is 0 Å². The minimum atomic E-state index is -2.40. The van der Waals surface area contributed by atoms with Gasteiger partial charge in [-0.1, -0.05) is 57.2 Å². The summed E-state index contributed by atoms with van der Waals surface area (Å²) in [5.41, 5.74) is -1.62. The third-order valence-corrected chi connectivity index (χ3v) is 10.7. The molecule has 6 heteroatoms. The van der Waals surface area contributed by atoms with Crippen molar-refractivity contribution in [2.75, 3.05) is 0 Å². The van der Waals surface area contributed by atoms with E-state index in [1.807, 2.05) is 42.5 Å². The molecular weight excluding hydrogens is 372 g/mol. The maximum absolute atomic E-state index is 13.5. The molecule has 2 unspecified atom stereocenters. The molecule has 1 aromatic rings. The molecule has 2 atom stereocenters. The molecule has 2 aliphatic rings. The number of carbonyl (C=O) groups is 2. The lowest BCUT2D eigenvalue weighted by Crippen LogP contribution is -2.62. The first-order valence-corrected chi connectivity index (χ1v) is 12.7. The van der Waals surface area contributed by atoms with Crippen molar-refractivity contribution in [2.24, 2.45) is 0 Å². The second kappa shape index (κ2) is 7.15. The van der Waals surface area contributed by atoms with Gasteiger partial charge >= 0.3 is 11.9 Å². The molecule has 1 aliphatic heterocycles. The number of allylic oxidation sites excluding steroid dienone is 1. The van der Waals surface area contributed by atoms with Crippen molar-refractivity contribution < 1.29 is 23.5 Å². The molecule has 0 aromatic heterocycles. The lowest BCUT2D eigenvalue weighted by Gasteiger charge is -2.46. The van der Waals surface area contributed by atoms with Crippen molar-refractivity contribution in [3.63, 3.8) is 0 Å². The number of carbonyl (C=O) groups excluding carboxylic acids is 2. The summed E-state index contributed by atoms with van der Waals surface area (Å²) in [6.45, 7) is 10.6. The second-order valence-corrected chi connectivity index (χ2v) is 14.0. The number of ether oxygens (including phenoxy) is 2. The van der Waals surface area contributed by atoms with E-state index in [1.54, 1.807) is 0 Å². The molecule has 3 rings (SSSR count). The standard InChI is InChI=1S/C22H30O5Si/c1-20(2,3)28(4,5)27-22(15-18(23)26-21(22)13-9-10-14-21)19(24)25-16-17-11-7-6-8-12-17/h6-9,11-13H,10,14-16H2,1-5H3. The van der Waals surface area contributed by atoms with E-state index in [-0.39, 0.29) is 18.1 Å². The van der Waals surface area contributed by atoms with E-state index in [1.165, 1.54) is 0 Å². The van der Waals surface area contributed by atoms with Gasteiger partial charge in [0, 0.05) is 0 Å². The molecule has 1 spiro atoms. The number of hydrogen-bond donors (Lipinski definition) is 0. The Hall–Kier alpha value is -1.92. The Kier molecular flexibility index (Phi) is 5.32. The van der Waals surface area contributed by atoms with Gasteiger partial charge in [0.2, 0.25) is 5.60 Å². The van der Waals surface area contributed by atoms with Crippen LogP contribution in [0.15, 0.2) is 42.5 Å².